The molecule has 3 aromatic rings. The molecule has 7 rings (SSSR count). The van der Waals surface area contributed by atoms with Crippen LogP contribution in [0.5, 0.6) is 11.5 Å². The molecule has 2 bridgehead atoms. The Morgan fingerprint density at radius 3 is 2.01 bits per heavy atom. The van der Waals surface area contributed by atoms with Gasteiger partial charge in [0.15, 0.2) is 6.79 Å². The largest absolute Gasteiger partial charge is 0.490 e. The molecule has 3 aromatic carbocycles. The Kier molecular flexibility index (Phi) is 28.4. The number of benzene rings is 3. The molecular formula is C70H100O12. The van der Waals surface area contributed by atoms with Crippen LogP contribution in [-0.2, 0) is 61.1 Å². The summed E-state index contributed by atoms with van der Waals surface area (Å²) in [4.78, 5) is 46.6. The molecule has 452 valence electrons. The van der Waals surface area contributed by atoms with Crippen molar-refractivity contribution >= 4 is 23.9 Å². The average molecular weight is 1130 g/mol. The number of esters is 4. The van der Waals surface area contributed by atoms with E-state index in [9.17, 15) is 24.3 Å². The quantitative estimate of drug-likeness (QED) is 0.0193. The Hall–Kier alpha value is -5.98. The summed E-state index contributed by atoms with van der Waals surface area (Å²) in [6.45, 7) is 34.3. The van der Waals surface area contributed by atoms with E-state index in [2.05, 4.69) is 105 Å². The molecule has 3 fully saturated rings. The van der Waals surface area contributed by atoms with Gasteiger partial charge in [0.05, 0.1) is 12.0 Å². The van der Waals surface area contributed by atoms with E-state index in [1.165, 1.54) is 92.5 Å². The third-order valence-corrected chi connectivity index (χ3v) is 17.9. The van der Waals surface area contributed by atoms with E-state index in [1.807, 2.05) is 49.4 Å². The number of carbonyl (C=O) groups excluding carboxylic acids is 4. The van der Waals surface area contributed by atoms with Crippen LogP contribution in [-0.4, -0.2) is 81.0 Å². The molecule has 12 nitrogen and oxygen atoms in total. The highest BCUT2D eigenvalue weighted by atomic mass is 16.7. The highest BCUT2D eigenvalue weighted by molar-refractivity contribution is 5.87. The average Bonchev–Trinajstić information content (AvgIpc) is 2.98. The number of unbranched alkanes of at least 4 members (excludes halogenated alkanes) is 6. The van der Waals surface area contributed by atoms with Gasteiger partial charge in [-0.2, -0.15) is 0 Å². The van der Waals surface area contributed by atoms with E-state index in [1.54, 1.807) is 13.0 Å². The molecule has 0 radical (unpaired) electrons. The SMILES string of the molecule is C=C(C)C(=O)OCCOc1ccccc1.C=CC(=O)OC1CC2CCC1(C)C2(C)C.C=CC(=O)OCC(O)COC(=O)C1(C)CCCC2(C)c3ccc(C(C)C)cc3CCC12.C=CCOCOc1ccc(CCCCCCCCC)cc1. The molecule has 4 aliphatic rings. The maximum absolute atomic E-state index is 13.2. The second-order valence-corrected chi connectivity index (χ2v) is 24.2. The van der Waals surface area contributed by atoms with Gasteiger partial charge in [-0.05, 0) is 147 Å². The number of hydrogen-bond donors (Lipinski definition) is 1. The first-order valence-corrected chi connectivity index (χ1v) is 30.1. The van der Waals surface area contributed by atoms with Crippen molar-refractivity contribution in [2.75, 3.05) is 39.8 Å². The zero-order valence-electron chi connectivity index (χ0n) is 51.4. The lowest BCUT2D eigenvalue weighted by Gasteiger charge is -2.54. The molecule has 0 spiro atoms. The van der Waals surface area contributed by atoms with Crippen LogP contribution in [0.4, 0.5) is 0 Å². The number of para-hydroxylation sites is 1. The highest BCUT2D eigenvalue weighted by Crippen LogP contribution is 2.66. The Balaban J connectivity index is 0.000000247. The number of ether oxygens (including phenoxy) is 7. The number of aliphatic hydroxyl groups excluding tert-OH is 1. The minimum absolute atomic E-state index is 0.0623. The van der Waals surface area contributed by atoms with E-state index < -0.39 is 17.5 Å². The van der Waals surface area contributed by atoms with Crippen molar-refractivity contribution in [2.45, 2.75) is 189 Å². The molecule has 12 heteroatoms. The number of aliphatic hydroxyl groups is 1. The topological polar surface area (TPSA) is 153 Å². The predicted octanol–water partition coefficient (Wildman–Crippen LogP) is 15.1. The zero-order chi connectivity index (χ0) is 60.4. The first kappa shape index (κ1) is 68.5. The number of fused-ring (bicyclic) bond motifs is 5. The Bertz CT molecular complexity index is 2500. The van der Waals surface area contributed by atoms with E-state index in [4.69, 9.17) is 33.2 Å². The van der Waals surface area contributed by atoms with Gasteiger partial charge in [0.2, 0.25) is 0 Å². The molecule has 82 heavy (non-hydrogen) atoms. The van der Waals surface area contributed by atoms with Gasteiger partial charge >= 0.3 is 23.9 Å². The van der Waals surface area contributed by atoms with Gasteiger partial charge in [-0.3, -0.25) is 4.79 Å². The van der Waals surface area contributed by atoms with Gasteiger partial charge in [-0.1, -0.05) is 168 Å². The summed E-state index contributed by atoms with van der Waals surface area (Å²) in [5.74, 6) is 1.50. The lowest BCUT2D eigenvalue weighted by atomic mass is 9.49. The summed E-state index contributed by atoms with van der Waals surface area (Å²) in [5, 5.41) is 10.0. The molecule has 7 unspecified atom stereocenters. The minimum Gasteiger partial charge on any atom is -0.490 e. The number of hydrogen-bond acceptors (Lipinski definition) is 12. The normalized spacial score (nSPS) is 22.7. The number of rotatable bonds is 27. The van der Waals surface area contributed by atoms with E-state index >= 15 is 0 Å². The molecule has 0 heterocycles. The summed E-state index contributed by atoms with van der Waals surface area (Å²) < 4.78 is 36.7. The summed E-state index contributed by atoms with van der Waals surface area (Å²) in [7, 11) is 0. The summed E-state index contributed by atoms with van der Waals surface area (Å²) in [6, 6.07) is 24.6. The molecule has 0 amide bonds. The Morgan fingerprint density at radius 1 is 0.744 bits per heavy atom. The van der Waals surface area contributed by atoms with E-state index in [0.717, 1.165) is 56.1 Å². The van der Waals surface area contributed by atoms with Crippen molar-refractivity contribution < 1.29 is 57.4 Å². The van der Waals surface area contributed by atoms with Crippen molar-refractivity contribution in [3.8, 4) is 11.5 Å². The van der Waals surface area contributed by atoms with Gasteiger partial charge in [0.1, 0.15) is 50.1 Å². The lowest BCUT2D eigenvalue weighted by Crippen LogP contribution is -2.53. The van der Waals surface area contributed by atoms with Crippen molar-refractivity contribution in [1.82, 2.24) is 0 Å². The second-order valence-electron chi connectivity index (χ2n) is 24.2. The maximum Gasteiger partial charge on any atom is 0.333 e. The van der Waals surface area contributed by atoms with Crippen LogP contribution >= 0.6 is 0 Å². The fraction of sp³-hybridized carbons (Fsp3) is 0.571. The molecule has 7 atom stereocenters. The van der Waals surface area contributed by atoms with Gasteiger partial charge in [-0.15, -0.1) is 6.58 Å². The van der Waals surface area contributed by atoms with Crippen LogP contribution < -0.4 is 9.47 Å². The second kappa shape index (κ2) is 34.0. The van der Waals surface area contributed by atoms with Crippen LogP contribution in [0.25, 0.3) is 0 Å². The summed E-state index contributed by atoms with van der Waals surface area (Å²) in [6.07, 6.45) is 22.0. The van der Waals surface area contributed by atoms with E-state index in [0.29, 0.717) is 36.0 Å². The predicted molar refractivity (Wildman–Crippen MR) is 327 cm³/mol. The van der Waals surface area contributed by atoms with Crippen LogP contribution in [0.1, 0.15) is 180 Å². The van der Waals surface area contributed by atoms with Gasteiger partial charge in [0, 0.05) is 23.1 Å². The fourth-order valence-corrected chi connectivity index (χ4v) is 12.4. The minimum atomic E-state index is -1.05. The molecule has 0 saturated heterocycles. The number of aryl methyl sites for hydroxylation is 2. The smallest absolute Gasteiger partial charge is 0.333 e. The van der Waals surface area contributed by atoms with Crippen molar-refractivity contribution in [1.29, 1.82) is 0 Å². The van der Waals surface area contributed by atoms with Crippen LogP contribution in [0.3, 0.4) is 0 Å². The molecule has 4 aliphatic carbocycles. The third-order valence-electron chi connectivity index (χ3n) is 17.9. The zero-order valence-corrected chi connectivity index (χ0v) is 51.4. The van der Waals surface area contributed by atoms with Crippen LogP contribution in [0.2, 0.25) is 0 Å². The monoisotopic (exact) mass is 1130 g/mol. The summed E-state index contributed by atoms with van der Waals surface area (Å²) >= 11 is 0. The Morgan fingerprint density at radius 2 is 1.40 bits per heavy atom. The molecular weight excluding hydrogens is 1030 g/mol. The van der Waals surface area contributed by atoms with Gasteiger partial charge in [-0.25, -0.2) is 14.4 Å². The summed E-state index contributed by atoms with van der Waals surface area (Å²) in [5.41, 5.74) is 5.76. The first-order valence-electron chi connectivity index (χ1n) is 30.1. The molecule has 0 aliphatic heterocycles. The standard InChI is InChI=1S/C26H36O5.C19H30O2.C13H20O2.C12H14O3/c1-6-23(28)30-15-20(27)16-31-24(29)26(5)13-7-12-25(4)21-10-8-18(17(2)3)14-19(21)9-11-22(25)26;1-3-5-6-7-8-9-10-11-18-12-14-19(15-13-18)21-17-20-16-4-2;1-5-11(14)15-10-8-9-6-7-13(10,4)12(9,2)3;1-10(2)12(13)15-9-8-14-11-6-4-3-5-7-11/h6,8,10,14,17,20,22,27H,1,7,9,11-13,15-16H2,2-5H3;4,12-15H,2-3,5-11,16-17H2,1H3;5,9-10H,1,6-8H2,2-4H3;3-7H,1,8-9H2,2H3. The Labute approximate surface area is 492 Å². The van der Waals surface area contributed by atoms with Gasteiger partial charge in [0.25, 0.3) is 0 Å². The molecule has 3 saturated carbocycles. The lowest BCUT2D eigenvalue weighted by molar-refractivity contribution is -0.169. The number of carbonyl (C=O) groups is 4. The first-order chi connectivity index (χ1) is 39.1. The van der Waals surface area contributed by atoms with Gasteiger partial charge < -0.3 is 38.3 Å². The molecule has 1 N–H and O–H groups in total. The third kappa shape index (κ3) is 19.8. The van der Waals surface area contributed by atoms with Crippen molar-refractivity contribution in [3.05, 3.63) is 145 Å². The van der Waals surface area contributed by atoms with E-state index in [-0.39, 0.29) is 67.4 Å². The van der Waals surface area contributed by atoms with Crippen LogP contribution in [0, 0.1) is 28.1 Å². The molecule has 0 aromatic heterocycles. The van der Waals surface area contributed by atoms with Crippen molar-refractivity contribution in [2.24, 2.45) is 28.1 Å². The maximum atomic E-state index is 13.2. The highest BCUT2D eigenvalue weighted by Gasteiger charge is 2.63. The van der Waals surface area contributed by atoms with Crippen LogP contribution in [0.15, 0.2) is 123 Å². The fourth-order valence-electron chi connectivity index (χ4n) is 12.4. The van der Waals surface area contributed by atoms with Crippen molar-refractivity contribution in [3.63, 3.8) is 0 Å².